The number of amides is 1. The van der Waals surface area contributed by atoms with Crippen molar-refractivity contribution in [1.82, 2.24) is 10.3 Å². The third-order valence-electron chi connectivity index (χ3n) is 2.76. The van der Waals surface area contributed by atoms with Gasteiger partial charge in [-0.15, -0.1) is 0 Å². The fraction of sp³-hybridized carbons (Fsp3) is 0.214. The number of fused-ring (bicyclic) bond motifs is 1. The Hall–Kier alpha value is -2.50. The molecule has 1 heterocycles. The third kappa shape index (κ3) is 3.50. The molecule has 2 rings (SSSR count). The van der Waals surface area contributed by atoms with E-state index in [0.29, 0.717) is 22.9 Å². The average Bonchev–Trinajstić information content (AvgIpc) is 2.42. The Balaban J connectivity index is 2.04. The molecule has 0 atom stereocenters. The van der Waals surface area contributed by atoms with Gasteiger partial charge in [0.15, 0.2) is 0 Å². The summed E-state index contributed by atoms with van der Waals surface area (Å²) < 4.78 is 13.1. The SMILES string of the molecule is O=C(O)CCCNC(=O)c1cnc2ccc(F)cc2c1. The van der Waals surface area contributed by atoms with E-state index < -0.39 is 11.8 Å². The molecule has 2 aromatic rings. The predicted molar refractivity (Wildman–Crippen MR) is 70.9 cm³/mol. The number of nitrogens with zero attached hydrogens (tertiary/aromatic N) is 1. The minimum absolute atomic E-state index is 0.00145. The Bertz CT molecular complexity index is 658. The summed E-state index contributed by atoms with van der Waals surface area (Å²) in [6.45, 7) is 0.270. The van der Waals surface area contributed by atoms with E-state index in [4.69, 9.17) is 5.11 Å². The van der Waals surface area contributed by atoms with Crippen LogP contribution in [0.4, 0.5) is 4.39 Å². The van der Waals surface area contributed by atoms with Crippen molar-refractivity contribution in [3.05, 3.63) is 41.8 Å². The summed E-state index contributed by atoms with van der Waals surface area (Å²) in [6, 6.07) is 5.71. The smallest absolute Gasteiger partial charge is 0.303 e. The highest BCUT2D eigenvalue weighted by Gasteiger charge is 2.07. The minimum atomic E-state index is -0.901. The van der Waals surface area contributed by atoms with Crippen molar-refractivity contribution in [3.8, 4) is 0 Å². The zero-order chi connectivity index (χ0) is 14.5. The number of carboxylic acid groups (broad SMARTS) is 1. The van der Waals surface area contributed by atoms with E-state index in [1.807, 2.05) is 0 Å². The number of carbonyl (C=O) groups is 2. The van der Waals surface area contributed by atoms with Gasteiger partial charge in [0.05, 0.1) is 11.1 Å². The number of carbonyl (C=O) groups excluding carboxylic acids is 1. The van der Waals surface area contributed by atoms with E-state index in [1.165, 1.54) is 18.3 Å². The maximum absolute atomic E-state index is 13.1. The van der Waals surface area contributed by atoms with E-state index in [9.17, 15) is 14.0 Å². The van der Waals surface area contributed by atoms with E-state index in [2.05, 4.69) is 10.3 Å². The highest BCUT2D eigenvalue weighted by atomic mass is 19.1. The molecular weight excluding hydrogens is 263 g/mol. The molecule has 0 radical (unpaired) electrons. The van der Waals surface area contributed by atoms with Crippen LogP contribution in [-0.2, 0) is 4.79 Å². The summed E-state index contributed by atoms with van der Waals surface area (Å²) in [5.41, 5.74) is 0.923. The van der Waals surface area contributed by atoms with Gasteiger partial charge in [0.2, 0.25) is 0 Å². The van der Waals surface area contributed by atoms with Gasteiger partial charge in [-0.05, 0) is 30.7 Å². The molecule has 104 valence electrons. The van der Waals surface area contributed by atoms with Crippen molar-refractivity contribution in [3.63, 3.8) is 0 Å². The molecule has 0 aliphatic carbocycles. The monoisotopic (exact) mass is 276 g/mol. The van der Waals surface area contributed by atoms with Crippen molar-refractivity contribution in [1.29, 1.82) is 0 Å². The Kier molecular flexibility index (Phi) is 4.24. The van der Waals surface area contributed by atoms with E-state index in [0.717, 1.165) is 0 Å². The number of carboxylic acids is 1. The van der Waals surface area contributed by atoms with E-state index >= 15 is 0 Å². The van der Waals surface area contributed by atoms with Gasteiger partial charge in [-0.1, -0.05) is 0 Å². The molecule has 1 aromatic carbocycles. The van der Waals surface area contributed by atoms with Crippen molar-refractivity contribution in [2.75, 3.05) is 6.54 Å². The zero-order valence-corrected chi connectivity index (χ0v) is 10.6. The second kappa shape index (κ2) is 6.10. The van der Waals surface area contributed by atoms with E-state index in [1.54, 1.807) is 12.1 Å². The summed E-state index contributed by atoms with van der Waals surface area (Å²) >= 11 is 0. The van der Waals surface area contributed by atoms with Gasteiger partial charge in [0, 0.05) is 24.5 Å². The number of hydrogen-bond acceptors (Lipinski definition) is 3. The largest absolute Gasteiger partial charge is 0.481 e. The minimum Gasteiger partial charge on any atom is -0.481 e. The van der Waals surface area contributed by atoms with Crippen LogP contribution in [0.15, 0.2) is 30.5 Å². The summed E-state index contributed by atoms with van der Waals surface area (Å²) in [4.78, 5) is 26.2. The maximum Gasteiger partial charge on any atom is 0.303 e. The normalized spacial score (nSPS) is 10.4. The predicted octanol–water partition coefficient (Wildman–Crippen LogP) is 1.97. The Morgan fingerprint density at radius 2 is 2.10 bits per heavy atom. The molecule has 1 aromatic heterocycles. The molecule has 20 heavy (non-hydrogen) atoms. The van der Waals surface area contributed by atoms with Crippen LogP contribution < -0.4 is 5.32 Å². The number of hydrogen-bond donors (Lipinski definition) is 2. The van der Waals surface area contributed by atoms with Crippen molar-refractivity contribution < 1.29 is 19.1 Å². The molecule has 6 heteroatoms. The van der Waals surface area contributed by atoms with Gasteiger partial charge in [0.1, 0.15) is 5.82 Å². The Morgan fingerprint density at radius 3 is 2.85 bits per heavy atom. The number of rotatable bonds is 5. The number of aromatic nitrogens is 1. The molecule has 0 spiro atoms. The number of benzene rings is 1. The first-order valence-electron chi connectivity index (χ1n) is 6.11. The lowest BCUT2D eigenvalue weighted by Crippen LogP contribution is -2.25. The molecule has 5 nitrogen and oxygen atoms in total. The molecule has 0 aliphatic heterocycles. The summed E-state index contributed by atoms with van der Waals surface area (Å²) in [5, 5.41) is 11.6. The number of aliphatic carboxylic acids is 1. The summed E-state index contributed by atoms with van der Waals surface area (Å²) in [7, 11) is 0. The zero-order valence-electron chi connectivity index (χ0n) is 10.6. The number of halogens is 1. The van der Waals surface area contributed by atoms with Crippen LogP contribution in [0.2, 0.25) is 0 Å². The second-order valence-corrected chi connectivity index (χ2v) is 4.31. The van der Waals surface area contributed by atoms with Crippen LogP contribution in [0.25, 0.3) is 10.9 Å². The van der Waals surface area contributed by atoms with Crippen LogP contribution in [0.3, 0.4) is 0 Å². The van der Waals surface area contributed by atoms with Crippen LogP contribution in [0, 0.1) is 5.82 Å². The highest BCUT2D eigenvalue weighted by molar-refractivity contribution is 5.97. The molecule has 0 aliphatic rings. The molecule has 2 N–H and O–H groups in total. The standard InChI is InChI=1S/C14H13FN2O3/c15-11-3-4-12-9(7-11)6-10(8-17-12)14(20)16-5-1-2-13(18)19/h3-4,6-8H,1-2,5H2,(H,16,20)(H,18,19). The lowest BCUT2D eigenvalue weighted by molar-refractivity contribution is -0.137. The van der Waals surface area contributed by atoms with Crippen LogP contribution in [-0.4, -0.2) is 28.5 Å². The molecule has 0 fully saturated rings. The molecule has 0 bridgehead atoms. The van der Waals surface area contributed by atoms with E-state index in [-0.39, 0.29) is 18.9 Å². The van der Waals surface area contributed by atoms with Crippen LogP contribution >= 0.6 is 0 Å². The molecule has 0 saturated heterocycles. The van der Waals surface area contributed by atoms with Gasteiger partial charge >= 0.3 is 5.97 Å². The van der Waals surface area contributed by atoms with Crippen molar-refractivity contribution in [2.45, 2.75) is 12.8 Å². The molecule has 0 saturated carbocycles. The Labute approximate surface area is 114 Å². The highest BCUT2D eigenvalue weighted by Crippen LogP contribution is 2.14. The number of nitrogens with one attached hydrogen (secondary N) is 1. The van der Waals surface area contributed by atoms with Gasteiger partial charge in [-0.25, -0.2) is 4.39 Å². The van der Waals surface area contributed by atoms with Crippen LogP contribution in [0.1, 0.15) is 23.2 Å². The maximum atomic E-state index is 13.1. The first kappa shape index (κ1) is 13.9. The number of pyridine rings is 1. The fourth-order valence-electron chi connectivity index (χ4n) is 1.77. The summed E-state index contributed by atoms with van der Waals surface area (Å²) in [6.07, 6.45) is 1.77. The first-order chi connectivity index (χ1) is 9.56. The first-order valence-corrected chi connectivity index (χ1v) is 6.11. The summed E-state index contributed by atoms with van der Waals surface area (Å²) in [5.74, 6) is -1.64. The van der Waals surface area contributed by atoms with Gasteiger partial charge in [-0.3, -0.25) is 14.6 Å². The topological polar surface area (TPSA) is 79.3 Å². The quantitative estimate of drug-likeness (QED) is 0.818. The van der Waals surface area contributed by atoms with Crippen LogP contribution in [0.5, 0.6) is 0 Å². The lowest BCUT2D eigenvalue weighted by atomic mass is 10.1. The van der Waals surface area contributed by atoms with Crippen molar-refractivity contribution >= 4 is 22.8 Å². The second-order valence-electron chi connectivity index (χ2n) is 4.31. The lowest BCUT2D eigenvalue weighted by Gasteiger charge is -2.05. The average molecular weight is 276 g/mol. The third-order valence-corrected chi connectivity index (χ3v) is 2.76. The van der Waals surface area contributed by atoms with Gasteiger partial charge in [-0.2, -0.15) is 0 Å². The molecule has 1 amide bonds. The molecular formula is C14H13FN2O3. The fourth-order valence-corrected chi connectivity index (χ4v) is 1.77. The van der Waals surface area contributed by atoms with Crippen molar-refractivity contribution in [2.24, 2.45) is 0 Å². The Morgan fingerprint density at radius 1 is 1.30 bits per heavy atom. The van der Waals surface area contributed by atoms with Gasteiger partial charge < -0.3 is 10.4 Å². The molecule has 0 unspecified atom stereocenters. The van der Waals surface area contributed by atoms with Gasteiger partial charge in [0.25, 0.3) is 5.91 Å².